The van der Waals surface area contributed by atoms with Crippen LogP contribution in [-0.2, 0) is 14.3 Å². The van der Waals surface area contributed by atoms with Gasteiger partial charge in [-0.05, 0) is 51.4 Å². The van der Waals surface area contributed by atoms with Gasteiger partial charge in [0.2, 0.25) is 5.91 Å². The maximum Gasteiger partial charge on any atom is 0.305 e. The normalized spacial score (nSPS) is 12.8. The van der Waals surface area contributed by atoms with Crippen molar-refractivity contribution in [3.8, 4) is 0 Å². The number of ether oxygens (including phenoxy) is 1. The molecule has 0 aliphatic carbocycles. The molecule has 52 heavy (non-hydrogen) atoms. The number of unbranched alkanes of at least 4 members (excludes halogenated alkanes) is 29. The van der Waals surface area contributed by atoms with Gasteiger partial charge in [0.15, 0.2) is 0 Å². The molecule has 0 saturated carbocycles. The van der Waals surface area contributed by atoms with Gasteiger partial charge in [0.25, 0.3) is 0 Å². The Hall–Kier alpha value is -1.40. The summed E-state index contributed by atoms with van der Waals surface area (Å²) in [4.78, 5) is 24.4. The quantitative estimate of drug-likeness (QED) is 0.0329. The van der Waals surface area contributed by atoms with Crippen molar-refractivity contribution in [2.75, 3.05) is 13.2 Å². The number of rotatable bonds is 42. The topological polar surface area (TPSA) is 95.9 Å². The Morgan fingerprint density at radius 2 is 0.904 bits per heavy atom. The number of aliphatic hydroxyl groups is 2. The van der Waals surface area contributed by atoms with Crippen LogP contribution in [0, 0.1) is 0 Å². The molecule has 3 N–H and O–H groups in total. The Labute approximate surface area is 323 Å². The number of carbonyl (C=O) groups is 2. The van der Waals surface area contributed by atoms with Crippen molar-refractivity contribution in [1.29, 1.82) is 0 Å². The van der Waals surface area contributed by atoms with Crippen LogP contribution < -0.4 is 5.32 Å². The number of amides is 1. The summed E-state index contributed by atoms with van der Waals surface area (Å²) >= 11 is 0. The van der Waals surface area contributed by atoms with Crippen LogP contribution in [0.3, 0.4) is 0 Å². The SMILES string of the molecule is CCCCC/C=C\CCCCCCCC(=O)OCCCCCCCCCCCC(=O)NC(CO)C(O)CCCCCCCCCCCCCCCC. The summed E-state index contributed by atoms with van der Waals surface area (Å²) in [5, 5.41) is 23.1. The van der Waals surface area contributed by atoms with Gasteiger partial charge in [0.05, 0.1) is 25.4 Å². The fourth-order valence-corrected chi connectivity index (χ4v) is 6.98. The van der Waals surface area contributed by atoms with E-state index in [1.165, 1.54) is 154 Å². The molecule has 2 unspecified atom stereocenters. The van der Waals surface area contributed by atoms with Crippen LogP contribution >= 0.6 is 0 Å². The lowest BCUT2D eigenvalue weighted by Crippen LogP contribution is -2.45. The Balaban J connectivity index is 3.51. The van der Waals surface area contributed by atoms with Crippen LogP contribution in [0.2, 0.25) is 0 Å². The van der Waals surface area contributed by atoms with E-state index >= 15 is 0 Å². The van der Waals surface area contributed by atoms with Gasteiger partial charge in [-0.2, -0.15) is 0 Å². The highest BCUT2D eigenvalue weighted by atomic mass is 16.5. The van der Waals surface area contributed by atoms with Gasteiger partial charge in [-0.1, -0.05) is 193 Å². The fraction of sp³-hybridized carbons (Fsp3) is 0.913. The second-order valence-corrected chi connectivity index (χ2v) is 15.7. The molecule has 0 saturated heterocycles. The number of aliphatic hydroxyl groups excluding tert-OH is 2. The minimum absolute atomic E-state index is 0.0352. The van der Waals surface area contributed by atoms with Gasteiger partial charge in [-0.25, -0.2) is 0 Å². The van der Waals surface area contributed by atoms with E-state index in [0.29, 0.717) is 25.9 Å². The van der Waals surface area contributed by atoms with E-state index in [2.05, 4.69) is 31.3 Å². The molecule has 6 heteroatoms. The van der Waals surface area contributed by atoms with Crippen LogP contribution in [0.15, 0.2) is 12.2 Å². The maximum absolute atomic E-state index is 12.4. The molecule has 2 atom stereocenters. The first kappa shape index (κ1) is 50.6. The second-order valence-electron chi connectivity index (χ2n) is 15.7. The summed E-state index contributed by atoms with van der Waals surface area (Å²) < 4.78 is 5.42. The summed E-state index contributed by atoms with van der Waals surface area (Å²) in [6.07, 6.45) is 45.9. The van der Waals surface area contributed by atoms with Crippen LogP contribution in [0.4, 0.5) is 0 Å². The lowest BCUT2D eigenvalue weighted by Gasteiger charge is -2.22. The van der Waals surface area contributed by atoms with E-state index < -0.39 is 12.1 Å². The first-order valence-corrected chi connectivity index (χ1v) is 22.9. The number of hydrogen-bond donors (Lipinski definition) is 3. The highest BCUT2D eigenvalue weighted by molar-refractivity contribution is 5.76. The van der Waals surface area contributed by atoms with Crippen molar-refractivity contribution in [3.63, 3.8) is 0 Å². The predicted molar refractivity (Wildman–Crippen MR) is 223 cm³/mol. The van der Waals surface area contributed by atoms with Gasteiger partial charge in [0.1, 0.15) is 0 Å². The predicted octanol–water partition coefficient (Wildman–Crippen LogP) is 13.0. The van der Waals surface area contributed by atoms with E-state index in [1.807, 2.05) is 0 Å². The van der Waals surface area contributed by atoms with E-state index in [4.69, 9.17) is 4.74 Å². The van der Waals surface area contributed by atoms with Crippen LogP contribution in [0.5, 0.6) is 0 Å². The fourth-order valence-electron chi connectivity index (χ4n) is 6.98. The van der Waals surface area contributed by atoms with Gasteiger partial charge in [0, 0.05) is 12.8 Å². The van der Waals surface area contributed by atoms with Gasteiger partial charge >= 0.3 is 5.97 Å². The summed E-state index contributed by atoms with van der Waals surface area (Å²) in [7, 11) is 0. The zero-order chi connectivity index (χ0) is 38.0. The Kier molecular flexibility index (Phi) is 41.2. The molecular formula is C46H89NO5. The molecule has 6 nitrogen and oxygen atoms in total. The molecule has 0 aromatic heterocycles. The zero-order valence-corrected chi connectivity index (χ0v) is 34.8. The highest BCUT2D eigenvalue weighted by Gasteiger charge is 2.20. The second kappa shape index (κ2) is 42.3. The van der Waals surface area contributed by atoms with Gasteiger partial charge in [-0.15, -0.1) is 0 Å². The Bertz CT molecular complexity index is 772. The molecule has 0 aliphatic heterocycles. The van der Waals surface area contributed by atoms with Crippen molar-refractivity contribution in [3.05, 3.63) is 12.2 Å². The molecule has 0 spiro atoms. The molecule has 0 bridgehead atoms. The van der Waals surface area contributed by atoms with E-state index in [9.17, 15) is 19.8 Å². The van der Waals surface area contributed by atoms with Crippen molar-refractivity contribution in [1.82, 2.24) is 5.32 Å². The van der Waals surface area contributed by atoms with Crippen LogP contribution in [0.25, 0.3) is 0 Å². The minimum atomic E-state index is -0.680. The van der Waals surface area contributed by atoms with Gasteiger partial charge in [-0.3, -0.25) is 9.59 Å². The molecule has 0 fully saturated rings. The third-order valence-corrected chi connectivity index (χ3v) is 10.6. The van der Waals surface area contributed by atoms with Gasteiger partial charge < -0.3 is 20.3 Å². The summed E-state index contributed by atoms with van der Waals surface area (Å²) in [5.41, 5.74) is 0. The van der Waals surface area contributed by atoms with Crippen molar-refractivity contribution in [2.45, 2.75) is 257 Å². The van der Waals surface area contributed by atoms with Crippen molar-refractivity contribution >= 4 is 11.9 Å². The van der Waals surface area contributed by atoms with E-state index in [1.54, 1.807) is 0 Å². The van der Waals surface area contributed by atoms with E-state index in [-0.39, 0.29) is 18.5 Å². The molecule has 0 radical (unpaired) electrons. The Morgan fingerprint density at radius 3 is 1.40 bits per heavy atom. The molecule has 0 aromatic rings. The number of esters is 1. The maximum atomic E-state index is 12.4. The molecule has 0 heterocycles. The number of carbonyl (C=O) groups excluding carboxylic acids is 2. The first-order valence-electron chi connectivity index (χ1n) is 22.9. The molecule has 0 aliphatic rings. The van der Waals surface area contributed by atoms with Crippen molar-refractivity contribution < 1.29 is 24.5 Å². The average molecular weight is 736 g/mol. The zero-order valence-electron chi connectivity index (χ0n) is 34.8. The average Bonchev–Trinajstić information content (AvgIpc) is 3.14. The lowest BCUT2D eigenvalue weighted by atomic mass is 10.0. The van der Waals surface area contributed by atoms with Crippen molar-refractivity contribution in [2.24, 2.45) is 0 Å². The summed E-state index contributed by atoms with van der Waals surface area (Å²) in [6.45, 7) is 4.85. The molecule has 308 valence electrons. The van der Waals surface area contributed by atoms with Crippen LogP contribution in [-0.4, -0.2) is 47.4 Å². The lowest BCUT2D eigenvalue weighted by molar-refractivity contribution is -0.143. The third kappa shape index (κ3) is 38.3. The molecule has 1 amide bonds. The van der Waals surface area contributed by atoms with E-state index in [0.717, 1.165) is 57.8 Å². The van der Waals surface area contributed by atoms with Crippen LogP contribution in [0.1, 0.15) is 245 Å². The summed E-state index contributed by atoms with van der Waals surface area (Å²) in [5.74, 6) is -0.0984. The molecule has 0 rings (SSSR count). The smallest absolute Gasteiger partial charge is 0.305 e. The standard InChI is InChI=1S/C46H89NO5/c1-3-5-7-9-11-13-15-17-18-19-22-26-30-34-38-44(49)43(42-48)47-45(50)39-35-31-27-23-21-25-29-33-37-41-52-46(51)40-36-32-28-24-20-16-14-12-10-8-6-4-2/h12,14,43-44,48-49H,3-11,13,15-42H2,1-2H3,(H,47,50)/b14-12-. The molecular weight excluding hydrogens is 647 g/mol. The highest BCUT2D eigenvalue weighted by Crippen LogP contribution is 2.16. The summed E-state index contributed by atoms with van der Waals surface area (Å²) in [6, 6.07) is -0.560. The third-order valence-electron chi connectivity index (χ3n) is 10.6. The molecule has 0 aromatic carbocycles. The minimum Gasteiger partial charge on any atom is -0.466 e. The first-order chi connectivity index (χ1) is 25.5. The number of nitrogens with one attached hydrogen (secondary N) is 1. The monoisotopic (exact) mass is 736 g/mol. The Morgan fingerprint density at radius 1 is 0.519 bits per heavy atom. The number of allylic oxidation sites excluding steroid dienone is 2. The number of hydrogen-bond acceptors (Lipinski definition) is 5. The largest absolute Gasteiger partial charge is 0.466 e.